The van der Waals surface area contributed by atoms with Crippen LogP contribution in [-0.2, 0) is 6.18 Å². The molecule has 0 fully saturated rings. The number of alkyl halides is 3. The maximum atomic E-state index is 12.8. The summed E-state index contributed by atoms with van der Waals surface area (Å²) in [6.07, 6.45) is -4.60. The molecule has 0 saturated carbocycles. The van der Waals surface area contributed by atoms with Crippen molar-refractivity contribution in [2.45, 2.75) is 6.18 Å². The van der Waals surface area contributed by atoms with Crippen molar-refractivity contribution in [1.29, 1.82) is 0 Å². The fourth-order valence-electron chi connectivity index (χ4n) is 1.85. The minimum atomic E-state index is -4.60. The van der Waals surface area contributed by atoms with E-state index in [0.29, 0.717) is 0 Å². The number of amides is 2. The fraction of sp³-hybridized carbons (Fsp3) is 0.0667. The summed E-state index contributed by atoms with van der Waals surface area (Å²) >= 11 is 0. The van der Waals surface area contributed by atoms with Gasteiger partial charge in [-0.05, 0) is 30.3 Å². The summed E-state index contributed by atoms with van der Waals surface area (Å²) in [4.78, 5) is 22.6. The molecule has 0 saturated heterocycles. The average molecular weight is 324 g/mol. The Morgan fingerprint density at radius 1 is 0.957 bits per heavy atom. The zero-order valence-electron chi connectivity index (χ0n) is 11.5. The van der Waals surface area contributed by atoms with Crippen LogP contribution in [0.15, 0.2) is 48.5 Å². The van der Waals surface area contributed by atoms with Crippen molar-refractivity contribution in [2.24, 2.45) is 0 Å². The molecule has 0 heterocycles. The zero-order valence-corrected chi connectivity index (χ0v) is 11.5. The molecule has 2 aromatic carbocycles. The summed E-state index contributed by atoms with van der Waals surface area (Å²) in [5, 5.41) is 13.2. The van der Waals surface area contributed by atoms with Gasteiger partial charge in [-0.15, -0.1) is 0 Å². The molecule has 0 aliphatic rings. The van der Waals surface area contributed by atoms with Gasteiger partial charge < -0.3 is 15.7 Å². The minimum absolute atomic E-state index is 0.0570. The van der Waals surface area contributed by atoms with Gasteiger partial charge in [-0.25, -0.2) is 9.59 Å². The molecule has 0 aromatic heterocycles. The normalized spacial score (nSPS) is 10.9. The lowest BCUT2D eigenvalue weighted by Crippen LogP contribution is -2.22. The van der Waals surface area contributed by atoms with Gasteiger partial charge in [-0.1, -0.05) is 18.2 Å². The highest BCUT2D eigenvalue weighted by Gasteiger charge is 2.33. The van der Waals surface area contributed by atoms with Gasteiger partial charge in [0.2, 0.25) is 0 Å². The number of aromatic carboxylic acids is 1. The summed E-state index contributed by atoms with van der Waals surface area (Å²) in [6, 6.07) is 8.96. The number of para-hydroxylation sites is 1. The number of hydrogen-bond acceptors (Lipinski definition) is 2. The van der Waals surface area contributed by atoms with Crippen molar-refractivity contribution in [1.82, 2.24) is 0 Å². The van der Waals surface area contributed by atoms with E-state index >= 15 is 0 Å². The van der Waals surface area contributed by atoms with Gasteiger partial charge in [0.25, 0.3) is 0 Å². The van der Waals surface area contributed by atoms with Gasteiger partial charge in [0.15, 0.2) is 0 Å². The quantitative estimate of drug-likeness (QED) is 0.797. The molecule has 120 valence electrons. The average Bonchev–Trinajstić information content (AvgIpc) is 2.46. The fourth-order valence-corrected chi connectivity index (χ4v) is 1.85. The van der Waals surface area contributed by atoms with Gasteiger partial charge in [0, 0.05) is 5.69 Å². The Labute approximate surface area is 128 Å². The molecule has 8 heteroatoms. The van der Waals surface area contributed by atoms with Crippen molar-refractivity contribution in [3.05, 3.63) is 59.7 Å². The maximum absolute atomic E-state index is 12.8. The van der Waals surface area contributed by atoms with E-state index in [1.54, 1.807) is 0 Å². The lowest BCUT2D eigenvalue weighted by molar-refractivity contribution is -0.136. The molecule has 0 radical (unpaired) electrons. The number of carbonyl (C=O) groups excluding carboxylic acids is 1. The number of carboxylic acid groups (broad SMARTS) is 1. The van der Waals surface area contributed by atoms with E-state index in [-0.39, 0.29) is 11.3 Å². The standard InChI is InChI=1S/C15H11F3N2O3/c16-15(17,18)11-6-1-2-7-12(11)20-14(23)19-10-5-3-4-9(8-10)13(21)22/h1-8H,(H,21,22)(H2,19,20,23). The second-order valence-electron chi connectivity index (χ2n) is 4.51. The van der Waals surface area contributed by atoms with Crippen LogP contribution >= 0.6 is 0 Å². The Hall–Kier alpha value is -3.03. The molecule has 0 aliphatic carbocycles. The van der Waals surface area contributed by atoms with Crippen LogP contribution in [0.2, 0.25) is 0 Å². The van der Waals surface area contributed by atoms with Crippen molar-refractivity contribution in [3.63, 3.8) is 0 Å². The lowest BCUT2D eigenvalue weighted by Gasteiger charge is -2.14. The highest BCUT2D eigenvalue weighted by Crippen LogP contribution is 2.34. The first-order valence-electron chi connectivity index (χ1n) is 6.35. The summed E-state index contributed by atoms with van der Waals surface area (Å²) < 4.78 is 38.5. The number of carbonyl (C=O) groups is 2. The third-order valence-corrected chi connectivity index (χ3v) is 2.85. The molecule has 0 unspecified atom stereocenters. The van der Waals surface area contributed by atoms with E-state index in [9.17, 15) is 22.8 Å². The monoisotopic (exact) mass is 324 g/mol. The molecule has 0 spiro atoms. The highest BCUT2D eigenvalue weighted by atomic mass is 19.4. The van der Waals surface area contributed by atoms with Crippen molar-refractivity contribution in [3.8, 4) is 0 Å². The van der Waals surface area contributed by atoms with E-state index < -0.39 is 29.4 Å². The van der Waals surface area contributed by atoms with Crippen LogP contribution in [-0.4, -0.2) is 17.1 Å². The van der Waals surface area contributed by atoms with Crippen LogP contribution in [0.5, 0.6) is 0 Å². The summed E-state index contributed by atoms with van der Waals surface area (Å²) in [5.74, 6) is -1.18. The molecule has 2 rings (SSSR count). The number of anilines is 2. The molecule has 3 N–H and O–H groups in total. The third-order valence-electron chi connectivity index (χ3n) is 2.85. The second kappa shape index (κ2) is 6.39. The van der Waals surface area contributed by atoms with Crippen molar-refractivity contribution < 1.29 is 27.9 Å². The Kier molecular flexibility index (Phi) is 4.54. The maximum Gasteiger partial charge on any atom is 0.418 e. The zero-order chi connectivity index (χ0) is 17.0. The SMILES string of the molecule is O=C(Nc1cccc(C(=O)O)c1)Nc1ccccc1C(F)(F)F. The molecule has 5 nitrogen and oxygen atoms in total. The molecular weight excluding hydrogens is 313 g/mol. The summed E-state index contributed by atoms with van der Waals surface area (Å²) in [6.45, 7) is 0. The van der Waals surface area contributed by atoms with Crippen LogP contribution < -0.4 is 10.6 Å². The Balaban J connectivity index is 2.15. The first kappa shape index (κ1) is 16.3. The molecule has 0 atom stereocenters. The first-order valence-corrected chi connectivity index (χ1v) is 6.35. The molecular formula is C15H11F3N2O3. The van der Waals surface area contributed by atoms with Gasteiger partial charge in [0.05, 0.1) is 16.8 Å². The Morgan fingerprint density at radius 2 is 1.65 bits per heavy atom. The summed E-state index contributed by atoms with van der Waals surface area (Å²) in [7, 11) is 0. The molecule has 2 amide bonds. The van der Waals surface area contributed by atoms with Crippen LogP contribution in [0.3, 0.4) is 0 Å². The predicted octanol–water partition coefficient (Wildman–Crippen LogP) is 4.05. The summed E-state index contributed by atoms with van der Waals surface area (Å²) in [5.41, 5.74) is -1.29. The lowest BCUT2D eigenvalue weighted by atomic mass is 10.1. The number of halogens is 3. The first-order chi connectivity index (χ1) is 10.8. The van der Waals surface area contributed by atoms with Crippen molar-refractivity contribution >= 4 is 23.4 Å². The van der Waals surface area contributed by atoms with Crippen LogP contribution in [0.4, 0.5) is 29.3 Å². The number of benzene rings is 2. The molecule has 0 aliphatic heterocycles. The smallest absolute Gasteiger partial charge is 0.418 e. The van der Waals surface area contributed by atoms with Crippen LogP contribution in [0, 0.1) is 0 Å². The number of hydrogen-bond donors (Lipinski definition) is 3. The van der Waals surface area contributed by atoms with Crippen molar-refractivity contribution in [2.75, 3.05) is 10.6 Å². The largest absolute Gasteiger partial charge is 0.478 e. The van der Waals surface area contributed by atoms with Gasteiger partial charge in [-0.2, -0.15) is 13.2 Å². The van der Waals surface area contributed by atoms with Gasteiger partial charge in [-0.3, -0.25) is 0 Å². The van der Waals surface area contributed by atoms with E-state index in [2.05, 4.69) is 10.6 Å². The van der Waals surface area contributed by atoms with Gasteiger partial charge in [0.1, 0.15) is 0 Å². The molecule has 23 heavy (non-hydrogen) atoms. The van der Waals surface area contributed by atoms with E-state index in [1.807, 2.05) is 0 Å². The highest BCUT2D eigenvalue weighted by molar-refractivity contribution is 6.01. The Morgan fingerprint density at radius 3 is 2.30 bits per heavy atom. The number of nitrogens with one attached hydrogen (secondary N) is 2. The number of carboxylic acids is 1. The topological polar surface area (TPSA) is 78.4 Å². The second-order valence-corrected chi connectivity index (χ2v) is 4.51. The Bertz CT molecular complexity index is 745. The number of rotatable bonds is 3. The predicted molar refractivity (Wildman–Crippen MR) is 77.5 cm³/mol. The minimum Gasteiger partial charge on any atom is -0.478 e. The van der Waals surface area contributed by atoms with E-state index in [4.69, 9.17) is 5.11 Å². The van der Waals surface area contributed by atoms with Crippen LogP contribution in [0.1, 0.15) is 15.9 Å². The third kappa shape index (κ3) is 4.22. The molecule has 2 aromatic rings. The van der Waals surface area contributed by atoms with Gasteiger partial charge >= 0.3 is 18.2 Å². The number of urea groups is 1. The van der Waals surface area contributed by atoms with E-state index in [0.717, 1.165) is 12.1 Å². The molecule has 0 bridgehead atoms. The van der Waals surface area contributed by atoms with E-state index in [1.165, 1.54) is 36.4 Å². The van der Waals surface area contributed by atoms with Crippen LogP contribution in [0.25, 0.3) is 0 Å².